The number of thiazole rings is 1. The number of hydrogen-bond donors (Lipinski definition) is 0. The summed E-state index contributed by atoms with van der Waals surface area (Å²) in [5, 5.41) is 0.730. The molecule has 3 aromatic carbocycles. The van der Waals surface area contributed by atoms with E-state index in [1.165, 1.54) is 11.3 Å². The van der Waals surface area contributed by atoms with Crippen molar-refractivity contribution >= 4 is 38.8 Å². The van der Waals surface area contributed by atoms with Gasteiger partial charge in [-0.3, -0.25) is 9.69 Å². The third-order valence-electron chi connectivity index (χ3n) is 5.02. The average Bonchev–Trinajstić information content (AvgIpc) is 3.29. The third kappa shape index (κ3) is 3.12. The maximum absolute atomic E-state index is 14.5. The number of amides is 1. The number of alkyl halides is 3. The monoisotopic (exact) mass is 444 g/mol. The molecule has 0 saturated heterocycles. The second-order valence-electron chi connectivity index (χ2n) is 6.89. The third-order valence-corrected chi connectivity index (χ3v) is 6.09. The van der Waals surface area contributed by atoms with Crippen molar-refractivity contribution < 1.29 is 27.1 Å². The molecule has 31 heavy (non-hydrogen) atoms. The predicted molar refractivity (Wildman–Crippen MR) is 109 cm³/mol. The number of rotatable bonds is 3. The summed E-state index contributed by atoms with van der Waals surface area (Å²) in [4.78, 5) is 18.1. The van der Waals surface area contributed by atoms with Crippen LogP contribution >= 0.6 is 11.3 Å². The second kappa shape index (κ2) is 6.78. The lowest BCUT2D eigenvalue weighted by atomic mass is 10.1. The van der Waals surface area contributed by atoms with Crippen LogP contribution in [0.5, 0.6) is 5.75 Å². The zero-order valence-electron chi connectivity index (χ0n) is 15.8. The molecular formula is C22H12F4N2O2S. The van der Waals surface area contributed by atoms with E-state index in [-0.39, 0.29) is 11.3 Å². The number of halogens is 4. The molecule has 0 N–H and O–H groups in total. The molecule has 0 saturated carbocycles. The fourth-order valence-corrected chi connectivity index (χ4v) is 4.50. The van der Waals surface area contributed by atoms with Crippen LogP contribution in [0.15, 0.2) is 54.6 Å². The average molecular weight is 444 g/mol. The summed E-state index contributed by atoms with van der Waals surface area (Å²) < 4.78 is 59.9. The number of hydrogen-bond acceptors (Lipinski definition) is 4. The van der Waals surface area contributed by atoms with Crippen molar-refractivity contribution in [3.8, 4) is 16.3 Å². The van der Waals surface area contributed by atoms with Crippen molar-refractivity contribution in [1.82, 2.24) is 4.98 Å². The molecule has 2 bridgehead atoms. The first-order valence-corrected chi connectivity index (χ1v) is 9.88. The van der Waals surface area contributed by atoms with Crippen molar-refractivity contribution in [2.75, 3.05) is 12.0 Å². The number of benzene rings is 3. The van der Waals surface area contributed by atoms with Gasteiger partial charge in [0.1, 0.15) is 10.8 Å². The SMILES string of the molecule is COc1ccc2nc(-c3ccc(N4C(=O)c5cc4c(F)c(C(F)(F)F)c5)cc3)sc2c1. The highest BCUT2D eigenvalue weighted by atomic mass is 32.1. The van der Waals surface area contributed by atoms with Gasteiger partial charge in [0, 0.05) is 16.8 Å². The predicted octanol–water partition coefficient (Wildman–Crippen LogP) is 6.42. The first kappa shape index (κ1) is 19.5. The molecule has 4 aromatic rings. The van der Waals surface area contributed by atoms with Crippen molar-refractivity contribution in [2.24, 2.45) is 0 Å². The Balaban J connectivity index is 1.50. The Hall–Kier alpha value is -3.46. The number of aromatic nitrogens is 1. The van der Waals surface area contributed by atoms with E-state index in [9.17, 15) is 22.4 Å². The van der Waals surface area contributed by atoms with Gasteiger partial charge in [0.15, 0.2) is 5.82 Å². The number of fused-ring (bicyclic) bond motifs is 3. The van der Waals surface area contributed by atoms with E-state index in [2.05, 4.69) is 4.98 Å². The molecule has 0 fully saturated rings. The zero-order chi connectivity index (χ0) is 21.9. The smallest absolute Gasteiger partial charge is 0.419 e. The number of nitrogens with zero attached hydrogens (tertiary/aromatic N) is 2. The molecule has 1 amide bonds. The molecule has 0 atom stereocenters. The van der Waals surface area contributed by atoms with E-state index in [1.54, 1.807) is 31.4 Å². The van der Waals surface area contributed by atoms with Gasteiger partial charge < -0.3 is 4.74 Å². The highest BCUT2D eigenvalue weighted by Crippen LogP contribution is 2.43. The zero-order valence-corrected chi connectivity index (χ0v) is 16.6. The maximum atomic E-state index is 14.5. The lowest BCUT2D eigenvalue weighted by Gasteiger charge is -2.18. The summed E-state index contributed by atoms with van der Waals surface area (Å²) in [6, 6.07) is 13.7. The van der Waals surface area contributed by atoms with Crippen LogP contribution < -0.4 is 9.64 Å². The topological polar surface area (TPSA) is 42.4 Å². The second-order valence-corrected chi connectivity index (χ2v) is 7.93. The van der Waals surface area contributed by atoms with E-state index >= 15 is 0 Å². The van der Waals surface area contributed by atoms with Gasteiger partial charge in [-0.2, -0.15) is 13.2 Å². The normalized spacial score (nSPS) is 13.3. The van der Waals surface area contributed by atoms with Crippen LogP contribution in [0.2, 0.25) is 0 Å². The molecular weight excluding hydrogens is 432 g/mol. The molecule has 1 aliphatic heterocycles. The Morgan fingerprint density at radius 1 is 1.00 bits per heavy atom. The minimum Gasteiger partial charge on any atom is -0.497 e. The van der Waals surface area contributed by atoms with E-state index in [4.69, 9.17) is 4.74 Å². The molecule has 0 aliphatic carbocycles. The van der Waals surface area contributed by atoms with Gasteiger partial charge in [-0.05, 0) is 54.6 Å². The van der Waals surface area contributed by atoms with Gasteiger partial charge in [-0.1, -0.05) is 0 Å². The van der Waals surface area contributed by atoms with Gasteiger partial charge >= 0.3 is 6.18 Å². The lowest BCUT2D eigenvalue weighted by Crippen LogP contribution is -2.20. The van der Waals surface area contributed by atoms with Crippen molar-refractivity contribution in [2.45, 2.75) is 6.18 Å². The van der Waals surface area contributed by atoms with Gasteiger partial charge in [0.25, 0.3) is 5.91 Å². The molecule has 0 spiro atoms. The minimum atomic E-state index is -4.88. The molecule has 0 unspecified atom stereocenters. The van der Waals surface area contributed by atoms with Crippen LogP contribution in [0.3, 0.4) is 0 Å². The quantitative estimate of drug-likeness (QED) is 0.343. The van der Waals surface area contributed by atoms with Crippen LogP contribution in [0.4, 0.5) is 28.9 Å². The Kier molecular flexibility index (Phi) is 4.26. The molecule has 156 valence electrons. The Bertz CT molecular complexity index is 1350. The van der Waals surface area contributed by atoms with Crippen LogP contribution in [0.1, 0.15) is 15.9 Å². The number of ether oxygens (including phenoxy) is 1. The van der Waals surface area contributed by atoms with Crippen LogP contribution in [0, 0.1) is 5.82 Å². The summed E-state index contributed by atoms with van der Waals surface area (Å²) in [5.41, 5.74) is -0.221. The summed E-state index contributed by atoms with van der Waals surface area (Å²) in [5.74, 6) is -1.46. The molecule has 2 heterocycles. The minimum absolute atomic E-state index is 0.201. The highest BCUT2D eigenvalue weighted by molar-refractivity contribution is 7.21. The fraction of sp³-hybridized carbons (Fsp3) is 0.0909. The maximum Gasteiger partial charge on any atom is 0.419 e. The molecule has 1 aromatic heterocycles. The first-order valence-electron chi connectivity index (χ1n) is 9.06. The summed E-state index contributed by atoms with van der Waals surface area (Å²) in [6.07, 6.45) is -4.88. The molecule has 5 rings (SSSR count). The standard InChI is InChI=1S/C22H12F4N2O2S/c1-30-14-6-7-16-18(10-14)31-20(27-16)11-2-4-13(5-3-11)28-17-9-12(21(28)29)8-15(19(17)23)22(24,25)26/h2-10H,1H3. The first-order chi connectivity index (χ1) is 14.8. The van der Waals surface area contributed by atoms with Gasteiger partial charge in [0.05, 0.1) is 28.6 Å². The molecule has 0 radical (unpaired) electrons. The molecule has 1 aliphatic rings. The van der Waals surface area contributed by atoms with Crippen LogP contribution in [-0.4, -0.2) is 18.0 Å². The van der Waals surface area contributed by atoms with E-state index in [0.717, 1.165) is 31.8 Å². The summed E-state index contributed by atoms with van der Waals surface area (Å²) in [7, 11) is 1.58. The Labute approximate surface area is 177 Å². The Morgan fingerprint density at radius 3 is 2.42 bits per heavy atom. The van der Waals surface area contributed by atoms with Gasteiger partial charge in [-0.15, -0.1) is 11.3 Å². The number of anilines is 2. The van der Waals surface area contributed by atoms with Crippen LogP contribution in [-0.2, 0) is 6.18 Å². The molecule has 4 nitrogen and oxygen atoms in total. The fourth-order valence-electron chi connectivity index (χ4n) is 3.50. The van der Waals surface area contributed by atoms with E-state index in [0.29, 0.717) is 11.8 Å². The van der Waals surface area contributed by atoms with Crippen molar-refractivity contribution in [3.63, 3.8) is 0 Å². The van der Waals surface area contributed by atoms with E-state index in [1.807, 2.05) is 18.2 Å². The molecule has 9 heteroatoms. The van der Waals surface area contributed by atoms with Crippen molar-refractivity contribution in [1.29, 1.82) is 0 Å². The largest absolute Gasteiger partial charge is 0.497 e. The summed E-state index contributed by atoms with van der Waals surface area (Å²) in [6.45, 7) is 0. The van der Waals surface area contributed by atoms with Gasteiger partial charge in [0.2, 0.25) is 0 Å². The number of carbonyl (C=O) groups excluding carboxylic acids is 1. The van der Waals surface area contributed by atoms with Crippen molar-refractivity contribution in [3.05, 3.63) is 71.5 Å². The Morgan fingerprint density at radius 2 is 1.74 bits per heavy atom. The summed E-state index contributed by atoms with van der Waals surface area (Å²) >= 11 is 1.45. The lowest BCUT2D eigenvalue weighted by molar-refractivity contribution is -0.139. The van der Waals surface area contributed by atoms with Gasteiger partial charge in [-0.25, -0.2) is 9.37 Å². The van der Waals surface area contributed by atoms with E-state index < -0.39 is 29.2 Å². The number of methoxy groups -OCH3 is 1. The number of carbonyl (C=O) groups is 1. The van der Waals surface area contributed by atoms with Crippen LogP contribution in [0.25, 0.3) is 20.8 Å². The highest BCUT2D eigenvalue weighted by Gasteiger charge is 2.41.